The summed E-state index contributed by atoms with van der Waals surface area (Å²) in [7, 11) is 0. The van der Waals surface area contributed by atoms with Crippen LogP contribution >= 0.6 is 0 Å². The molecule has 5 nitrogen and oxygen atoms in total. The number of hydrogen-bond donors (Lipinski definition) is 0. The molecule has 0 atom stereocenters. The molecule has 0 aliphatic heterocycles. The first-order valence-electron chi connectivity index (χ1n) is 17.6. The fourth-order valence-electron chi connectivity index (χ4n) is 8.08. The molecule has 53 heavy (non-hydrogen) atoms. The molecular formula is C48H29N5. The summed E-state index contributed by atoms with van der Waals surface area (Å²) in [5.41, 5.74) is 10.2. The van der Waals surface area contributed by atoms with Crippen molar-refractivity contribution in [3.63, 3.8) is 0 Å². The van der Waals surface area contributed by atoms with Gasteiger partial charge in [0.25, 0.3) is 0 Å². The number of nitrogens with zero attached hydrogens (tertiary/aromatic N) is 5. The van der Waals surface area contributed by atoms with E-state index in [0.717, 1.165) is 55.9 Å². The van der Waals surface area contributed by atoms with E-state index < -0.39 is 0 Å². The largest absolute Gasteiger partial charge is 0.309 e. The molecule has 0 saturated heterocycles. The summed E-state index contributed by atoms with van der Waals surface area (Å²) >= 11 is 0. The second kappa shape index (κ2) is 12.0. The van der Waals surface area contributed by atoms with E-state index in [4.69, 9.17) is 0 Å². The maximum atomic E-state index is 10.1. The minimum atomic E-state index is 0.609. The summed E-state index contributed by atoms with van der Waals surface area (Å²) in [4.78, 5) is 4.35. The minimum Gasteiger partial charge on any atom is -0.309 e. The third-order valence-electron chi connectivity index (χ3n) is 10.3. The van der Waals surface area contributed by atoms with E-state index in [2.05, 4.69) is 117 Å². The fourth-order valence-corrected chi connectivity index (χ4v) is 8.08. The number of para-hydroxylation sites is 5. The molecule has 8 aromatic carbocycles. The smallest absolute Gasteiger partial charge is 0.101 e. The lowest BCUT2D eigenvalue weighted by Gasteiger charge is -2.26. The highest BCUT2D eigenvalue weighted by atomic mass is 15.2. The van der Waals surface area contributed by atoms with E-state index in [9.17, 15) is 10.5 Å². The van der Waals surface area contributed by atoms with Crippen molar-refractivity contribution < 1.29 is 0 Å². The number of anilines is 6. The van der Waals surface area contributed by atoms with Crippen molar-refractivity contribution in [2.24, 2.45) is 0 Å². The van der Waals surface area contributed by atoms with Gasteiger partial charge in [-0.3, -0.25) is 0 Å². The number of rotatable bonds is 6. The highest BCUT2D eigenvalue weighted by molar-refractivity contribution is 6.31. The van der Waals surface area contributed by atoms with Crippen molar-refractivity contribution in [3.8, 4) is 12.1 Å². The molecule has 0 bridgehead atoms. The van der Waals surface area contributed by atoms with Crippen molar-refractivity contribution in [2.75, 3.05) is 9.80 Å². The van der Waals surface area contributed by atoms with Crippen molar-refractivity contribution in [2.45, 2.75) is 0 Å². The van der Waals surface area contributed by atoms with Gasteiger partial charge < -0.3 is 14.2 Å². The standard InChI is InChI=1S/C48H29N5/c49-30-33-13-7-10-20-43(33)51(35-15-3-1-4-16-35)37-24-23-32-27-42-39-26-25-38(52(36-17-5-2-6-18-36)44-21-11-8-14-34(44)31-50)29-46(39)53-45-22-12-9-19-40(45)47(48(42)53)41(32)28-37/h1-29H. The topological polar surface area (TPSA) is 58.5 Å². The summed E-state index contributed by atoms with van der Waals surface area (Å²) in [5.74, 6) is 0. The van der Waals surface area contributed by atoms with Crippen molar-refractivity contribution in [1.29, 1.82) is 10.5 Å². The van der Waals surface area contributed by atoms with Crippen LogP contribution in [0, 0.1) is 22.7 Å². The molecule has 2 aromatic heterocycles. The predicted molar refractivity (Wildman–Crippen MR) is 217 cm³/mol. The van der Waals surface area contributed by atoms with E-state index >= 15 is 0 Å². The lowest BCUT2D eigenvalue weighted by atomic mass is 9.99. The third-order valence-corrected chi connectivity index (χ3v) is 10.3. The van der Waals surface area contributed by atoms with Crippen LogP contribution in [-0.2, 0) is 0 Å². The molecule has 10 rings (SSSR count). The van der Waals surface area contributed by atoms with Crippen LogP contribution in [0.4, 0.5) is 34.1 Å². The van der Waals surface area contributed by atoms with Crippen molar-refractivity contribution in [3.05, 3.63) is 187 Å². The van der Waals surface area contributed by atoms with Crippen LogP contribution in [-0.4, -0.2) is 4.40 Å². The molecule has 0 spiro atoms. The highest BCUT2D eigenvalue weighted by Gasteiger charge is 2.24. The molecule has 0 amide bonds. The van der Waals surface area contributed by atoms with Crippen LogP contribution in [0.3, 0.4) is 0 Å². The zero-order valence-corrected chi connectivity index (χ0v) is 28.5. The van der Waals surface area contributed by atoms with Crippen LogP contribution in [0.2, 0.25) is 0 Å². The molecule has 0 aliphatic rings. The Bertz CT molecular complexity index is 2970. The number of fused-ring (bicyclic) bond motifs is 8. The van der Waals surface area contributed by atoms with Crippen LogP contribution in [0.5, 0.6) is 0 Å². The van der Waals surface area contributed by atoms with Gasteiger partial charge in [0.15, 0.2) is 0 Å². The lowest BCUT2D eigenvalue weighted by Crippen LogP contribution is -2.11. The maximum absolute atomic E-state index is 10.1. The Kier molecular flexibility index (Phi) is 6.86. The summed E-state index contributed by atoms with van der Waals surface area (Å²) in [6.07, 6.45) is 0. The zero-order chi connectivity index (χ0) is 35.5. The summed E-state index contributed by atoms with van der Waals surface area (Å²) in [6, 6.07) is 65.1. The first-order chi connectivity index (χ1) is 26.2. The Hall–Kier alpha value is -7.60. The van der Waals surface area contributed by atoms with Gasteiger partial charge >= 0.3 is 0 Å². The van der Waals surface area contributed by atoms with Gasteiger partial charge in [0.05, 0.1) is 39.1 Å². The summed E-state index contributed by atoms with van der Waals surface area (Å²) < 4.78 is 2.41. The molecule has 0 aliphatic carbocycles. The van der Waals surface area contributed by atoms with Gasteiger partial charge in [-0.05, 0) is 95.7 Å². The Morgan fingerprint density at radius 2 is 0.943 bits per heavy atom. The summed E-state index contributed by atoms with van der Waals surface area (Å²) in [5, 5.41) is 27.3. The number of benzene rings is 8. The van der Waals surface area contributed by atoms with Crippen molar-refractivity contribution in [1.82, 2.24) is 4.40 Å². The van der Waals surface area contributed by atoms with Gasteiger partial charge in [-0.25, -0.2) is 0 Å². The molecule has 0 saturated carbocycles. The number of hydrogen-bond acceptors (Lipinski definition) is 4. The lowest BCUT2D eigenvalue weighted by molar-refractivity contribution is 1.27. The first-order valence-corrected chi connectivity index (χ1v) is 17.6. The second-order valence-corrected chi connectivity index (χ2v) is 13.2. The predicted octanol–water partition coefficient (Wildman–Crippen LogP) is 12.7. The van der Waals surface area contributed by atoms with Gasteiger partial charge in [0.1, 0.15) is 12.1 Å². The normalized spacial score (nSPS) is 11.4. The van der Waals surface area contributed by atoms with E-state index in [1.54, 1.807) is 0 Å². The van der Waals surface area contributed by atoms with Crippen molar-refractivity contribution >= 4 is 83.0 Å². The van der Waals surface area contributed by atoms with Crippen LogP contribution in [0.1, 0.15) is 11.1 Å². The molecular weight excluding hydrogens is 647 g/mol. The molecule has 0 fully saturated rings. The number of nitriles is 2. The fraction of sp³-hybridized carbons (Fsp3) is 0. The second-order valence-electron chi connectivity index (χ2n) is 13.2. The van der Waals surface area contributed by atoms with Gasteiger partial charge in [0, 0.05) is 44.3 Å². The van der Waals surface area contributed by atoms with E-state index in [-0.39, 0.29) is 0 Å². The monoisotopic (exact) mass is 675 g/mol. The average Bonchev–Trinajstić information content (AvgIpc) is 3.74. The van der Waals surface area contributed by atoms with E-state index in [0.29, 0.717) is 11.1 Å². The third kappa shape index (κ3) is 4.62. The molecule has 5 heteroatoms. The Labute approximate surface area is 306 Å². The van der Waals surface area contributed by atoms with Gasteiger partial charge in [0.2, 0.25) is 0 Å². The Balaban J connectivity index is 1.26. The average molecular weight is 676 g/mol. The Morgan fingerprint density at radius 3 is 1.58 bits per heavy atom. The SMILES string of the molecule is N#Cc1ccccc1N(c1ccccc1)c1ccc2cc3c4ccc(N(c5ccccc5)c5ccccc5C#N)cc4n4c5ccccc5c(c2c1)c34. The Morgan fingerprint density at radius 1 is 0.396 bits per heavy atom. The van der Waals surface area contributed by atoms with Gasteiger partial charge in [-0.2, -0.15) is 10.5 Å². The molecule has 246 valence electrons. The number of aromatic nitrogens is 1. The van der Waals surface area contributed by atoms with Crippen LogP contribution in [0.15, 0.2) is 176 Å². The molecule has 0 radical (unpaired) electrons. The molecule has 0 unspecified atom stereocenters. The van der Waals surface area contributed by atoms with E-state index in [1.165, 1.54) is 27.1 Å². The first kappa shape index (κ1) is 30.2. The quantitative estimate of drug-likeness (QED) is 0.176. The maximum Gasteiger partial charge on any atom is 0.101 e. The van der Waals surface area contributed by atoms with Gasteiger partial charge in [-0.15, -0.1) is 0 Å². The molecule has 0 N–H and O–H groups in total. The molecule has 10 aromatic rings. The van der Waals surface area contributed by atoms with Gasteiger partial charge in [-0.1, -0.05) is 91.0 Å². The zero-order valence-electron chi connectivity index (χ0n) is 28.5. The van der Waals surface area contributed by atoms with Crippen LogP contribution < -0.4 is 9.80 Å². The summed E-state index contributed by atoms with van der Waals surface area (Å²) in [6.45, 7) is 0. The van der Waals surface area contributed by atoms with E-state index in [1.807, 2.05) is 84.9 Å². The molecule has 2 heterocycles. The highest BCUT2D eigenvalue weighted by Crippen LogP contribution is 2.47. The van der Waals surface area contributed by atoms with Crippen LogP contribution in [0.25, 0.3) is 48.9 Å². The minimum absolute atomic E-state index is 0.609.